The van der Waals surface area contributed by atoms with Gasteiger partial charge in [-0.3, -0.25) is 4.79 Å². The molecular formula is C25H32N4O2S. The van der Waals surface area contributed by atoms with Crippen LogP contribution in [0.25, 0.3) is 0 Å². The van der Waals surface area contributed by atoms with Crippen molar-refractivity contribution in [2.75, 3.05) is 14.1 Å². The molecule has 6 nitrogen and oxygen atoms in total. The fourth-order valence-electron chi connectivity index (χ4n) is 4.15. The summed E-state index contributed by atoms with van der Waals surface area (Å²) >= 11 is 0. The Morgan fingerprint density at radius 1 is 1.28 bits per heavy atom. The van der Waals surface area contributed by atoms with E-state index in [9.17, 15) is 14.3 Å². The number of hydrogen-bond donors (Lipinski definition) is 1. The van der Waals surface area contributed by atoms with Gasteiger partial charge in [0, 0.05) is 6.54 Å². The number of amides is 1. The van der Waals surface area contributed by atoms with Crippen molar-refractivity contribution in [3.63, 3.8) is 0 Å². The summed E-state index contributed by atoms with van der Waals surface area (Å²) in [6, 6.07) is 11.5. The molecule has 1 amide bonds. The van der Waals surface area contributed by atoms with Crippen LogP contribution in [0.1, 0.15) is 71.9 Å². The molecule has 3 rings (SSSR count). The second kappa shape index (κ2) is 9.53. The van der Waals surface area contributed by atoms with Crippen LogP contribution < -0.4 is 5.14 Å². The maximum Gasteiger partial charge on any atom is 0.259 e. The van der Waals surface area contributed by atoms with Gasteiger partial charge in [0.25, 0.3) is 5.91 Å². The summed E-state index contributed by atoms with van der Waals surface area (Å²) in [6.07, 6.45) is 2.14. The number of aryl methyl sites for hydroxylation is 1. The fraction of sp³-hybridized carbons (Fsp3) is 0.440. The van der Waals surface area contributed by atoms with E-state index in [-0.39, 0.29) is 12.3 Å². The predicted molar refractivity (Wildman–Crippen MR) is 128 cm³/mol. The monoisotopic (exact) mass is 452 g/mol. The van der Waals surface area contributed by atoms with E-state index < -0.39 is 15.8 Å². The van der Waals surface area contributed by atoms with Crippen LogP contribution in [0.2, 0.25) is 0 Å². The van der Waals surface area contributed by atoms with Crippen molar-refractivity contribution < 1.29 is 9.00 Å². The Hall–Kier alpha value is -2.53. The number of carbonyl (C=O) groups is 1. The van der Waals surface area contributed by atoms with Gasteiger partial charge in [0.15, 0.2) is 0 Å². The zero-order valence-corrected chi connectivity index (χ0v) is 20.3. The maximum atomic E-state index is 13.2. The summed E-state index contributed by atoms with van der Waals surface area (Å²) in [5.41, 5.74) is 5.37. The van der Waals surface area contributed by atoms with E-state index in [2.05, 4.69) is 10.4 Å². The Bertz CT molecular complexity index is 1170. The van der Waals surface area contributed by atoms with E-state index in [1.54, 1.807) is 6.07 Å². The standard InChI is InChI=1S/C25H32N4O2S/c1-16(2)21-11-19(14-26)12-22(20-7-8-20)23(21)13-25(30)28-32(27,31)24-9-6-18(10-17(24)3)15-29(4)5/h6,9-12,16,20H,7-8,13,15H2,1-5H3,(H2,27,28,30,31). The van der Waals surface area contributed by atoms with E-state index in [1.165, 1.54) is 0 Å². The second-order valence-electron chi connectivity index (χ2n) is 9.24. The first-order valence-corrected chi connectivity index (χ1v) is 12.5. The molecule has 170 valence electrons. The van der Waals surface area contributed by atoms with Gasteiger partial charge in [0.2, 0.25) is 0 Å². The summed E-state index contributed by atoms with van der Waals surface area (Å²) in [6.45, 7) is 6.68. The van der Waals surface area contributed by atoms with Crippen LogP contribution in [-0.2, 0) is 27.7 Å². The highest BCUT2D eigenvalue weighted by Crippen LogP contribution is 2.44. The first-order valence-electron chi connectivity index (χ1n) is 10.9. The number of hydrogen-bond acceptors (Lipinski definition) is 4. The summed E-state index contributed by atoms with van der Waals surface area (Å²) in [4.78, 5) is 15.4. The largest absolute Gasteiger partial charge is 0.305 e. The molecule has 1 fully saturated rings. The Morgan fingerprint density at radius 3 is 2.50 bits per heavy atom. The summed E-state index contributed by atoms with van der Waals surface area (Å²) in [5.74, 6) is 0.0254. The van der Waals surface area contributed by atoms with Crippen molar-refractivity contribution in [3.8, 4) is 6.07 Å². The van der Waals surface area contributed by atoms with Crippen molar-refractivity contribution in [2.24, 2.45) is 9.50 Å². The van der Waals surface area contributed by atoms with Crippen molar-refractivity contribution >= 4 is 15.8 Å². The fourth-order valence-corrected chi connectivity index (χ4v) is 5.40. The van der Waals surface area contributed by atoms with Crippen LogP contribution in [0.15, 0.2) is 39.6 Å². The quantitative estimate of drug-likeness (QED) is 0.673. The average molecular weight is 453 g/mol. The molecule has 7 heteroatoms. The molecule has 2 aromatic rings. The van der Waals surface area contributed by atoms with E-state index in [1.807, 2.05) is 64.0 Å². The predicted octanol–water partition coefficient (Wildman–Crippen LogP) is 4.40. The van der Waals surface area contributed by atoms with Gasteiger partial charge in [-0.15, -0.1) is 4.36 Å². The van der Waals surface area contributed by atoms with Crippen molar-refractivity contribution in [3.05, 3.63) is 63.7 Å². The lowest BCUT2D eigenvalue weighted by atomic mass is 9.87. The molecule has 0 radical (unpaired) electrons. The van der Waals surface area contributed by atoms with E-state index in [0.717, 1.165) is 47.2 Å². The van der Waals surface area contributed by atoms with Crippen LogP contribution in [0, 0.1) is 18.3 Å². The van der Waals surface area contributed by atoms with Crippen LogP contribution >= 0.6 is 0 Å². The molecule has 1 saturated carbocycles. The molecule has 0 bridgehead atoms. The third-order valence-electron chi connectivity index (χ3n) is 5.71. The van der Waals surface area contributed by atoms with E-state index >= 15 is 0 Å². The molecule has 0 saturated heterocycles. The Balaban J connectivity index is 1.96. The van der Waals surface area contributed by atoms with Crippen LogP contribution in [0.3, 0.4) is 0 Å². The molecule has 0 spiro atoms. The first-order chi connectivity index (χ1) is 15.0. The topological polar surface area (TPSA) is 99.5 Å². The van der Waals surface area contributed by atoms with Gasteiger partial charge >= 0.3 is 0 Å². The van der Waals surface area contributed by atoms with E-state index in [4.69, 9.17) is 5.14 Å². The molecule has 0 aliphatic heterocycles. The highest BCUT2D eigenvalue weighted by Gasteiger charge is 2.29. The van der Waals surface area contributed by atoms with Crippen molar-refractivity contribution in [2.45, 2.75) is 63.3 Å². The Kier molecular flexibility index (Phi) is 7.19. The molecular weight excluding hydrogens is 420 g/mol. The summed E-state index contributed by atoms with van der Waals surface area (Å²) < 4.78 is 17.2. The molecule has 2 N–H and O–H groups in total. The van der Waals surface area contributed by atoms with Crippen molar-refractivity contribution in [1.29, 1.82) is 5.26 Å². The molecule has 0 aromatic heterocycles. The Labute approximate surface area is 191 Å². The number of carbonyl (C=O) groups excluding carboxylic acids is 1. The molecule has 2 aromatic carbocycles. The van der Waals surface area contributed by atoms with Crippen LogP contribution in [0.5, 0.6) is 0 Å². The normalized spacial score (nSPS) is 15.5. The lowest BCUT2D eigenvalue weighted by Crippen LogP contribution is -2.18. The highest BCUT2D eigenvalue weighted by molar-refractivity contribution is 7.91. The minimum Gasteiger partial charge on any atom is -0.305 e. The summed E-state index contributed by atoms with van der Waals surface area (Å²) in [5, 5.41) is 15.5. The number of benzene rings is 2. The number of nitrogens with zero attached hydrogens (tertiary/aromatic N) is 3. The third kappa shape index (κ3) is 5.63. The van der Waals surface area contributed by atoms with Gasteiger partial charge in [0.1, 0.15) is 9.92 Å². The van der Waals surface area contributed by atoms with Crippen molar-refractivity contribution in [1.82, 2.24) is 4.90 Å². The number of nitriles is 1. The van der Waals surface area contributed by atoms with Gasteiger partial charge in [-0.1, -0.05) is 26.0 Å². The highest BCUT2D eigenvalue weighted by atomic mass is 32.2. The minimum atomic E-state index is -3.36. The molecule has 1 aliphatic carbocycles. The number of nitrogens with two attached hydrogens (primary N) is 1. The third-order valence-corrected chi connectivity index (χ3v) is 7.27. The van der Waals surface area contributed by atoms with Gasteiger partial charge in [0.05, 0.1) is 22.9 Å². The second-order valence-corrected chi connectivity index (χ2v) is 11.0. The van der Waals surface area contributed by atoms with Gasteiger partial charge in [-0.2, -0.15) is 5.26 Å². The minimum absolute atomic E-state index is 0.0387. The van der Waals surface area contributed by atoms with Gasteiger partial charge in [-0.25, -0.2) is 9.35 Å². The van der Waals surface area contributed by atoms with Crippen LogP contribution in [0.4, 0.5) is 0 Å². The van der Waals surface area contributed by atoms with Gasteiger partial charge < -0.3 is 4.90 Å². The number of rotatable bonds is 7. The molecule has 32 heavy (non-hydrogen) atoms. The van der Waals surface area contributed by atoms with E-state index in [0.29, 0.717) is 16.4 Å². The zero-order valence-electron chi connectivity index (χ0n) is 19.5. The summed E-state index contributed by atoms with van der Waals surface area (Å²) in [7, 11) is 0.600. The lowest BCUT2D eigenvalue weighted by Gasteiger charge is -2.17. The first kappa shape index (κ1) is 24.1. The molecule has 0 heterocycles. The average Bonchev–Trinajstić information content (AvgIpc) is 3.51. The smallest absolute Gasteiger partial charge is 0.259 e. The molecule has 1 aliphatic rings. The lowest BCUT2D eigenvalue weighted by molar-refractivity contribution is -0.117. The molecule has 1 atom stereocenters. The van der Waals surface area contributed by atoms with Gasteiger partial charge in [-0.05, 0) is 91.7 Å². The maximum absolute atomic E-state index is 13.2. The zero-order chi connectivity index (χ0) is 23.6. The molecule has 1 unspecified atom stereocenters. The van der Waals surface area contributed by atoms with Crippen LogP contribution in [-0.4, -0.2) is 29.1 Å². The SMILES string of the molecule is Cc1cc(CN(C)C)ccc1S(N)(=O)=NC(=O)Cc1c(C(C)C)cc(C#N)cc1C1CC1. The Morgan fingerprint density at radius 2 is 1.97 bits per heavy atom.